The Bertz CT molecular complexity index is 440. The van der Waals surface area contributed by atoms with Gasteiger partial charge in [0.15, 0.2) is 0 Å². The van der Waals surface area contributed by atoms with Gasteiger partial charge in [-0.25, -0.2) is 8.78 Å². The lowest BCUT2D eigenvalue weighted by Gasteiger charge is -2.06. The van der Waals surface area contributed by atoms with E-state index >= 15 is 0 Å². The van der Waals surface area contributed by atoms with Crippen LogP contribution in [0.15, 0.2) is 41.8 Å². The van der Waals surface area contributed by atoms with Crippen molar-refractivity contribution in [3.05, 3.63) is 52.2 Å². The highest BCUT2D eigenvalue weighted by Gasteiger charge is 2.06. The van der Waals surface area contributed by atoms with E-state index in [1.807, 2.05) is 17.5 Å². The van der Waals surface area contributed by atoms with Gasteiger partial charge in [-0.3, -0.25) is 0 Å². The molecule has 0 amide bonds. The molecule has 16 heavy (non-hydrogen) atoms. The first-order chi connectivity index (χ1) is 7.75. The Morgan fingerprint density at radius 1 is 1.19 bits per heavy atom. The molecule has 1 N–H and O–H groups in total. The van der Waals surface area contributed by atoms with E-state index in [0.717, 1.165) is 5.69 Å². The van der Waals surface area contributed by atoms with Gasteiger partial charge in [0.25, 0.3) is 6.43 Å². The standard InChI is InChI=1S/C12H11F2NS/c13-12(14)9-3-1-4-10(7-9)15-8-11-5-2-6-16-11/h1-7,12,15H,8H2. The second-order valence-corrected chi connectivity index (χ2v) is 4.39. The predicted molar refractivity (Wildman–Crippen MR) is 63.0 cm³/mol. The molecular formula is C12H11F2NS. The fourth-order valence-corrected chi connectivity index (χ4v) is 2.03. The molecule has 0 spiro atoms. The maximum atomic E-state index is 12.4. The van der Waals surface area contributed by atoms with Crippen LogP contribution < -0.4 is 5.32 Å². The minimum absolute atomic E-state index is 0.0520. The second-order valence-electron chi connectivity index (χ2n) is 3.36. The zero-order valence-corrected chi connectivity index (χ0v) is 9.31. The molecule has 1 aromatic carbocycles. The number of alkyl halides is 2. The highest BCUT2D eigenvalue weighted by Crippen LogP contribution is 2.22. The third-order valence-electron chi connectivity index (χ3n) is 2.19. The number of thiophene rings is 1. The van der Waals surface area contributed by atoms with Gasteiger partial charge in [-0.05, 0) is 23.6 Å². The number of hydrogen-bond acceptors (Lipinski definition) is 2. The summed E-state index contributed by atoms with van der Waals surface area (Å²) in [5.41, 5.74) is 0.780. The number of rotatable bonds is 4. The van der Waals surface area contributed by atoms with E-state index < -0.39 is 6.43 Å². The van der Waals surface area contributed by atoms with Gasteiger partial charge in [0.05, 0.1) is 0 Å². The van der Waals surface area contributed by atoms with Crippen molar-refractivity contribution in [3.63, 3.8) is 0 Å². The molecule has 4 heteroatoms. The second kappa shape index (κ2) is 5.07. The summed E-state index contributed by atoms with van der Waals surface area (Å²) in [7, 11) is 0. The number of hydrogen-bond donors (Lipinski definition) is 1. The third kappa shape index (κ3) is 2.79. The van der Waals surface area contributed by atoms with Crippen LogP contribution >= 0.6 is 11.3 Å². The van der Waals surface area contributed by atoms with E-state index in [9.17, 15) is 8.78 Å². The van der Waals surface area contributed by atoms with Crippen molar-refractivity contribution in [1.82, 2.24) is 0 Å². The maximum absolute atomic E-state index is 12.4. The molecule has 0 unspecified atom stereocenters. The van der Waals surface area contributed by atoms with Crippen LogP contribution in [0.4, 0.5) is 14.5 Å². The van der Waals surface area contributed by atoms with Crippen LogP contribution in [-0.2, 0) is 6.54 Å². The van der Waals surface area contributed by atoms with Gasteiger partial charge in [0.2, 0.25) is 0 Å². The van der Waals surface area contributed by atoms with Crippen molar-refractivity contribution < 1.29 is 8.78 Å². The van der Waals surface area contributed by atoms with Crippen LogP contribution in [0.1, 0.15) is 16.9 Å². The predicted octanol–water partition coefficient (Wildman–Crippen LogP) is 4.30. The summed E-state index contributed by atoms with van der Waals surface area (Å²) >= 11 is 1.64. The Balaban J connectivity index is 2.01. The molecule has 0 aliphatic heterocycles. The zero-order valence-electron chi connectivity index (χ0n) is 8.49. The topological polar surface area (TPSA) is 12.0 Å². The molecule has 0 atom stereocenters. The number of halogens is 2. The fourth-order valence-electron chi connectivity index (χ4n) is 1.39. The molecule has 84 valence electrons. The van der Waals surface area contributed by atoms with E-state index in [2.05, 4.69) is 5.32 Å². The summed E-state index contributed by atoms with van der Waals surface area (Å²) in [6.07, 6.45) is -2.41. The van der Waals surface area contributed by atoms with E-state index in [1.165, 1.54) is 17.0 Å². The normalized spacial score (nSPS) is 10.7. The smallest absolute Gasteiger partial charge is 0.263 e. The molecule has 0 aliphatic carbocycles. The molecular weight excluding hydrogens is 228 g/mol. The summed E-state index contributed by atoms with van der Waals surface area (Å²) in [6.45, 7) is 0.671. The Hall–Kier alpha value is -1.42. The molecule has 1 aromatic heterocycles. The van der Waals surface area contributed by atoms with Crippen molar-refractivity contribution in [1.29, 1.82) is 0 Å². The summed E-state index contributed by atoms with van der Waals surface area (Å²) in [5.74, 6) is 0. The van der Waals surface area contributed by atoms with E-state index in [-0.39, 0.29) is 5.56 Å². The molecule has 0 bridgehead atoms. The van der Waals surface area contributed by atoms with Crippen LogP contribution in [-0.4, -0.2) is 0 Å². The van der Waals surface area contributed by atoms with E-state index in [0.29, 0.717) is 6.54 Å². The van der Waals surface area contributed by atoms with Crippen molar-refractivity contribution >= 4 is 17.0 Å². The minimum Gasteiger partial charge on any atom is -0.380 e. The largest absolute Gasteiger partial charge is 0.380 e. The van der Waals surface area contributed by atoms with Crippen LogP contribution in [0.5, 0.6) is 0 Å². The van der Waals surface area contributed by atoms with Crippen LogP contribution in [0.2, 0.25) is 0 Å². The highest BCUT2D eigenvalue weighted by atomic mass is 32.1. The molecule has 0 radical (unpaired) electrons. The van der Waals surface area contributed by atoms with Gasteiger partial charge in [-0.15, -0.1) is 11.3 Å². The lowest BCUT2D eigenvalue weighted by atomic mass is 10.2. The monoisotopic (exact) mass is 239 g/mol. The Morgan fingerprint density at radius 3 is 2.75 bits per heavy atom. The van der Waals surface area contributed by atoms with Crippen molar-refractivity contribution in [2.75, 3.05) is 5.32 Å². The molecule has 0 saturated carbocycles. The van der Waals surface area contributed by atoms with Gasteiger partial charge in [-0.1, -0.05) is 18.2 Å². The number of nitrogens with one attached hydrogen (secondary N) is 1. The molecule has 0 saturated heterocycles. The van der Waals surface area contributed by atoms with Crippen LogP contribution in [0.25, 0.3) is 0 Å². The van der Waals surface area contributed by atoms with E-state index in [4.69, 9.17) is 0 Å². The quantitative estimate of drug-likeness (QED) is 0.838. The molecule has 0 fully saturated rings. The van der Waals surface area contributed by atoms with Gasteiger partial charge in [0.1, 0.15) is 0 Å². The van der Waals surface area contributed by atoms with E-state index in [1.54, 1.807) is 23.5 Å². The molecule has 0 aliphatic rings. The lowest BCUT2D eigenvalue weighted by Crippen LogP contribution is -1.98. The van der Waals surface area contributed by atoms with Gasteiger partial charge in [-0.2, -0.15) is 0 Å². The number of benzene rings is 1. The maximum Gasteiger partial charge on any atom is 0.263 e. The Morgan fingerprint density at radius 2 is 2.06 bits per heavy atom. The summed E-state index contributed by atoms with van der Waals surface area (Å²) < 4.78 is 24.9. The first-order valence-electron chi connectivity index (χ1n) is 4.90. The summed E-state index contributed by atoms with van der Waals surface area (Å²) in [6, 6.07) is 10.3. The van der Waals surface area contributed by atoms with Crippen molar-refractivity contribution in [2.24, 2.45) is 0 Å². The van der Waals surface area contributed by atoms with Crippen molar-refractivity contribution in [3.8, 4) is 0 Å². The minimum atomic E-state index is -2.41. The zero-order chi connectivity index (χ0) is 11.4. The Labute approximate surface area is 96.7 Å². The molecule has 2 rings (SSSR count). The average molecular weight is 239 g/mol. The molecule has 1 heterocycles. The fraction of sp³-hybridized carbons (Fsp3) is 0.167. The van der Waals surface area contributed by atoms with Gasteiger partial charge >= 0.3 is 0 Å². The first kappa shape index (κ1) is 11.1. The lowest BCUT2D eigenvalue weighted by molar-refractivity contribution is 0.151. The van der Waals surface area contributed by atoms with Crippen molar-refractivity contribution in [2.45, 2.75) is 13.0 Å². The summed E-state index contributed by atoms with van der Waals surface area (Å²) in [4.78, 5) is 1.18. The van der Waals surface area contributed by atoms with Gasteiger partial charge < -0.3 is 5.32 Å². The summed E-state index contributed by atoms with van der Waals surface area (Å²) in [5, 5.41) is 5.11. The van der Waals surface area contributed by atoms with Crippen LogP contribution in [0, 0.1) is 0 Å². The van der Waals surface area contributed by atoms with Gasteiger partial charge in [0, 0.05) is 22.7 Å². The first-order valence-corrected chi connectivity index (χ1v) is 5.78. The molecule has 1 nitrogen and oxygen atoms in total. The average Bonchev–Trinajstić information content (AvgIpc) is 2.79. The Kier molecular flexibility index (Phi) is 3.51. The highest BCUT2D eigenvalue weighted by molar-refractivity contribution is 7.09. The number of anilines is 1. The molecule has 2 aromatic rings. The third-order valence-corrected chi connectivity index (χ3v) is 3.06. The SMILES string of the molecule is FC(F)c1cccc(NCc2cccs2)c1. The van der Waals surface area contributed by atoms with Crippen LogP contribution in [0.3, 0.4) is 0 Å².